The SMILES string of the molecule is COC(=O)Nc1ccc(S(=O)(=O)N2CCC[C@H](C(=O)N3C[C@H](C)O[C@@H](C)C3)C2)cc1. The molecule has 1 aromatic rings. The Morgan fingerprint density at radius 2 is 1.73 bits per heavy atom. The first kappa shape index (κ1) is 22.5. The number of nitrogens with zero attached hydrogens (tertiary/aromatic N) is 2. The fourth-order valence-electron chi connectivity index (χ4n) is 4.01. The van der Waals surface area contributed by atoms with E-state index in [1.54, 1.807) is 4.90 Å². The Hall–Kier alpha value is -2.17. The highest BCUT2D eigenvalue weighted by molar-refractivity contribution is 7.89. The lowest BCUT2D eigenvalue weighted by atomic mass is 9.97. The number of anilines is 1. The molecule has 2 heterocycles. The van der Waals surface area contributed by atoms with Gasteiger partial charge in [0.1, 0.15) is 0 Å². The lowest BCUT2D eigenvalue weighted by Gasteiger charge is -2.39. The molecule has 2 aliphatic heterocycles. The van der Waals surface area contributed by atoms with Gasteiger partial charge in [0.2, 0.25) is 15.9 Å². The Morgan fingerprint density at radius 1 is 1.10 bits per heavy atom. The predicted octanol–water partition coefficient (Wildman–Crippen LogP) is 1.90. The second-order valence-corrected chi connectivity index (χ2v) is 9.78. The summed E-state index contributed by atoms with van der Waals surface area (Å²) in [5.74, 6) is -0.360. The number of amides is 2. The van der Waals surface area contributed by atoms with E-state index in [2.05, 4.69) is 10.1 Å². The van der Waals surface area contributed by atoms with Crippen molar-refractivity contribution in [3.8, 4) is 0 Å². The van der Waals surface area contributed by atoms with Crippen molar-refractivity contribution in [1.82, 2.24) is 9.21 Å². The van der Waals surface area contributed by atoms with E-state index < -0.39 is 16.1 Å². The van der Waals surface area contributed by atoms with Crippen LogP contribution in [0.5, 0.6) is 0 Å². The highest BCUT2D eigenvalue weighted by Crippen LogP contribution is 2.27. The molecule has 9 nitrogen and oxygen atoms in total. The van der Waals surface area contributed by atoms with Gasteiger partial charge < -0.3 is 14.4 Å². The largest absolute Gasteiger partial charge is 0.453 e. The van der Waals surface area contributed by atoms with Crippen molar-refractivity contribution in [3.63, 3.8) is 0 Å². The Morgan fingerprint density at radius 3 is 2.33 bits per heavy atom. The fourth-order valence-corrected chi connectivity index (χ4v) is 5.53. The number of carbonyl (C=O) groups is 2. The quantitative estimate of drug-likeness (QED) is 0.768. The van der Waals surface area contributed by atoms with Crippen LogP contribution in [0.15, 0.2) is 29.2 Å². The zero-order chi connectivity index (χ0) is 21.9. The molecule has 0 radical (unpaired) electrons. The summed E-state index contributed by atoms with van der Waals surface area (Å²) >= 11 is 0. The van der Waals surface area contributed by atoms with Crippen LogP contribution >= 0.6 is 0 Å². The number of rotatable bonds is 4. The molecule has 1 N–H and O–H groups in total. The number of carbonyl (C=O) groups excluding carboxylic acids is 2. The lowest BCUT2D eigenvalue weighted by Crippen LogP contribution is -2.53. The molecular formula is C20H29N3O6S. The van der Waals surface area contributed by atoms with Crippen molar-refractivity contribution in [2.24, 2.45) is 5.92 Å². The number of ether oxygens (including phenoxy) is 2. The zero-order valence-corrected chi connectivity index (χ0v) is 18.4. The van der Waals surface area contributed by atoms with Gasteiger partial charge in [-0.1, -0.05) is 0 Å². The van der Waals surface area contributed by atoms with Crippen LogP contribution in [-0.2, 0) is 24.3 Å². The maximum atomic E-state index is 13.1. The van der Waals surface area contributed by atoms with Gasteiger partial charge in [-0.15, -0.1) is 0 Å². The van der Waals surface area contributed by atoms with Crippen LogP contribution in [0.1, 0.15) is 26.7 Å². The molecule has 0 aromatic heterocycles. The van der Waals surface area contributed by atoms with Crippen molar-refractivity contribution in [2.75, 3.05) is 38.6 Å². The number of benzene rings is 1. The summed E-state index contributed by atoms with van der Waals surface area (Å²) in [4.78, 5) is 26.2. The number of methoxy groups -OCH3 is 1. The second-order valence-electron chi connectivity index (χ2n) is 7.84. The molecule has 2 fully saturated rings. The maximum Gasteiger partial charge on any atom is 0.411 e. The molecule has 1 aromatic carbocycles. The summed E-state index contributed by atoms with van der Waals surface area (Å²) in [5.41, 5.74) is 0.433. The number of hydrogen-bond acceptors (Lipinski definition) is 6. The standard InChI is InChI=1S/C20H29N3O6S/c1-14-11-22(12-15(2)29-14)19(24)16-5-4-10-23(13-16)30(26,27)18-8-6-17(7-9-18)21-20(25)28-3/h6-9,14-16H,4-5,10-13H2,1-3H3,(H,21,25)/t14-,15-,16-/m0/s1. The van der Waals surface area contributed by atoms with Crippen molar-refractivity contribution in [2.45, 2.75) is 43.8 Å². The van der Waals surface area contributed by atoms with Gasteiger partial charge in [-0.3, -0.25) is 10.1 Å². The topological polar surface area (TPSA) is 105 Å². The third-order valence-electron chi connectivity index (χ3n) is 5.39. The highest BCUT2D eigenvalue weighted by atomic mass is 32.2. The maximum absolute atomic E-state index is 13.1. The smallest absolute Gasteiger partial charge is 0.411 e. The van der Waals surface area contributed by atoms with Crippen LogP contribution < -0.4 is 5.32 Å². The van der Waals surface area contributed by atoms with E-state index in [0.717, 1.165) is 0 Å². The third-order valence-corrected chi connectivity index (χ3v) is 7.27. The van der Waals surface area contributed by atoms with Crippen molar-refractivity contribution in [1.29, 1.82) is 0 Å². The lowest BCUT2D eigenvalue weighted by molar-refractivity contribution is -0.148. The van der Waals surface area contributed by atoms with E-state index in [0.29, 0.717) is 38.2 Å². The minimum absolute atomic E-state index is 0.00507. The average Bonchev–Trinajstić information content (AvgIpc) is 2.73. The van der Waals surface area contributed by atoms with Crippen molar-refractivity contribution < 1.29 is 27.5 Å². The average molecular weight is 440 g/mol. The van der Waals surface area contributed by atoms with Gasteiger partial charge in [0.25, 0.3) is 0 Å². The summed E-state index contributed by atoms with van der Waals surface area (Å²) in [7, 11) is -2.49. The highest BCUT2D eigenvalue weighted by Gasteiger charge is 2.36. The summed E-state index contributed by atoms with van der Waals surface area (Å²) in [6, 6.07) is 5.90. The number of piperidine rings is 1. The van der Waals surface area contributed by atoms with E-state index >= 15 is 0 Å². The molecule has 0 saturated carbocycles. The molecule has 30 heavy (non-hydrogen) atoms. The molecule has 3 atom stereocenters. The molecule has 0 spiro atoms. The molecule has 10 heteroatoms. The minimum Gasteiger partial charge on any atom is -0.453 e. The zero-order valence-electron chi connectivity index (χ0n) is 17.5. The third kappa shape index (κ3) is 5.11. The van der Waals surface area contributed by atoms with Gasteiger partial charge in [-0.2, -0.15) is 4.31 Å². The molecule has 2 saturated heterocycles. The normalized spacial score (nSPS) is 25.6. The number of sulfonamides is 1. The van der Waals surface area contributed by atoms with E-state index in [4.69, 9.17) is 4.74 Å². The number of nitrogens with one attached hydrogen (secondary N) is 1. The van der Waals surface area contributed by atoms with Crippen molar-refractivity contribution >= 4 is 27.7 Å². The van der Waals surface area contributed by atoms with E-state index in [-0.39, 0.29) is 35.5 Å². The van der Waals surface area contributed by atoms with Crippen LogP contribution in [0.25, 0.3) is 0 Å². The molecule has 2 amide bonds. The fraction of sp³-hybridized carbons (Fsp3) is 0.600. The Balaban J connectivity index is 1.69. The summed E-state index contributed by atoms with van der Waals surface area (Å²) in [6.45, 7) is 5.48. The molecular weight excluding hydrogens is 410 g/mol. The molecule has 0 aliphatic carbocycles. The van der Waals surface area contributed by atoms with E-state index in [1.165, 1.54) is 35.7 Å². The van der Waals surface area contributed by atoms with Gasteiger partial charge in [-0.25, -0.2) is 13.2 Å². The van der Waals surface area contributed by atoms with E-state index in [1.807, 2.05) is 13.8 Å². The Bertz CT molecular complexity index is 863. The summed E-state index contributed by atoms with van der Waals surface area (Å²) in [5, 5.41) is 2.49. The first-order chi connectivity index (χ1) is 14.2. The van der Waals surface area contributed by atoms with Crippen molar-refractivity contribution in [3.05, 3.63) is 24.3 Å². The first-order valence-electron chi connectivity index (χ1n) is 10.1. The van der Waals surface area contributed by atoms with Crippen LogP contribution in [0.2, 0.25) is 0 Å². The summed E-state index contributed by atoms with van der Waals surface area (Å²) < 4.78 is 37.8. The molecule has 3 rings (SSSR count). The number of hydrogen-bond donors (Lipinski definition) is 1. The molecule has 2 aliphatic rings. The predicted molar refractivity (Wildman–Crippen MR) is 111 cm³/mol. The van der Waals surface area contributed by atoms with Crippen LogP contribution in [0.3, 0.4) is 0 Å². The van der Waals surface area contributed by atoms with Crippen LogP contribution in [0.4, 0.5) is 10.5 Å². The molecule has 166 valence electrons. The first-order valence-corrected chi connectivity index (χ1v) is 11.5. The van der Waals surface area contributed by atoms with Crippen LogP contribution in [0, 0.1) is 5.92 Å². The monoisotopic (exact) mass is 439 g/mol. The molecule has 0 bridgehead atoms. The number of morpholine rings is 1. The van der Waals surface area contributed by atoms with Crippen LogP contribution in [-0.4, -0.2) is 75.1 Å². The minimum atomic E-state index is -3.74. The Kier molecular flexibility index (Phi) is 6.99. The molecule has 0 unspecified atom stereocenters. The Labute approximate surface area is 177 Å². The van der Waals surface area contributed by atoms with Gasteiger partial charge in [0.05, 0.1) is 30.1 Å². The van der Waals surface area contributed by atoms with Gasteiger partial charge in [0.15, 0.2) is 0 Å². The van der Waals surface area contributed by atoms with Gasteiger partial charge >= 0.3 is 6.09 Å². The van der Waals surface area contributed by atoms with E-state index in [9.17, 15) is 18.0 Å². The second kappa shape index (κ2) is 9.32. The van der Waals surface area contributed by atoms with Gasteiger partial charge in [0, 0.05) is 31.9 Å². The van der Waals surface area contributed by atoms with Gasteiger partial charge in [-0.05, 0) is 51.0 Å². The summed E-state index contributed by atoms with van der Waals surface area (Å²) in [6.07, 6.45) is 0.617.